The van der Waals surface area contributed by atoms with Crippen molar-refractivity contribution >= 4 is 21.6 Å². The Balaban J connectivity index is 1.77. The van der Waals surface area contributed by atoms with Crippen LogP contribution in [0.5, 0.6) is 0 Å². The molecule has 0 bridgehead atoms. The van der Waals surface area contributed by atoms with Crippen LogP contribution in [0.15, 0.2) is 59.5 Å². The monoisotopic (exact) mass is 359 g/mol. The smallest absolute Gasteiger partial charge is 0.261 e. The van der Waals surface area contributed by atoms with E-state index < -0.39 is 10.0 Å². The number of benzene rings is 2. The highest BCUT2D eigenvalue weighted by molar-refractivity contribution is 7.92. The van der Waals surface area contributed by atoms with E-state index in [0.717, 1.165) is 6.42 Å². The highest BCUT2D eigenvalue weighted by atomic mass is 32.2. The zero-order chi connectivity index (χ0) is 17.9. The van der Waals surface area contributed by atoms with Gasteiger partial charge in [0.25, 0.3) is 15.9 Å². The van der Waals surface area contributed by atoms with Crippen molar-refractivity contribution in [1.29, 1.82) is 0 Å². The number of nitrogens with two attached hydrogens (primary N) is 1. The van der Waals surface area contributed by atoms with Crippen LogP contribution in [0, 0.1) is 5.92 Å². The Hall–Kier alpha value is -2.38. The molecule has 1 atom stereocenters. The van der Waals surface area contributed by atoms with Crippen LogP contribution in [0.1, 0.15) is 16.8 Å². The van der Waals surface area contributed by atoms with E-state index in [9.17, 15) is 13.2 Å². The van der Waals surface area contributed by atoms with Crippen molar-refractivity contribution in [3.8, 4) is 0 Å². The maximum absolute atomic E-state index is 12.6. The normalized spacial score (nSPS) is 17.5. The van der Waals surface area contributed by atoms with Crippen molar-refractivity contribution in [3.63, 3.8) is 0 Å². The number of nitrogens with zero attached hydrogens (tertiary/aromatic N) is 1. The number of hydrogen-bond acceptors (Lipinski definition) is 4. The lowest BCUT2D eigenvalue weighted by atomic mass is 10.1. The fourth-order valence-corrected chi connectivity index (χ4v) is 3.99. The van der Waals surface area contributed by atoms with Crippen LogP contribution >= 0.6 is 0 Å². The Morgan fingerprint density at radius 3 is 2.60 bits per heavy atom. The Morgan fingerprint density at radius 1 is 1.16 bits per heavy atom. The lowest BCUT2D eigenvalue weighted by Gasteiger charge is -2.17. The first-order chi connectivity index (χ1) is 12.0. The summed E-state index contributed by atoms with van der Waals surface area (Å²) in [6.07, 6.45) is 0.905. The Kier molecular flexibility index (Phi) is 5.06. The van der Waals surface area contributed by atoms with Crippen molar-refractivity contribution in [1.82, 2.24) is 4.90 Å². The van der Waals surface area contributed by atoms with Crippen molar-refractivity contribution < 1.29 is 13.2 Å². The van der Waals surface area contributed by atoms with E-state index in [4.69, 9.17) is 5.73 Å². The first-order valence-electron chi connectivity index (χ1n) is 8.17. The molecule has 0 radical (unpaired) electrons. The summed E-state index contributed by atoms with van der Waals surface area (Å²) in [5, 5.41) is 0. The molecule has 7 heteroatoms. The summed E-state index contributed by atoms with van der Waals surface area (Å²) in [5.74, 6) is 0.237. The molecule has 3 rings (SSSR count). The summed E-state index contributed by atoms with van der Waals surface area (Å²) in [6.45, 7) is 1.90. The van der Waals surface area contributed by atoms with Gasteiger partial charge in [0.2, 0.25) is 0 Å². The van der Waals surface area contributed by atoms with Crippen LogP contribution in [0.4, 0.5) is 5.69 Å². The van der Waals surface area contributed by atoms with Gasteiger partial charge in [0.1, 0.15) is 0 Å². The van der Waals surface area contributed by atoms with Crippen LogP contribution in [0.2, 0.25) is 0 Å². The van der Waals surface area contributed by atoms with Crippen molar-refractivity contribution in [3.05, 3.63) is 60.2 Å². The molecule has 1 aliphatic rings. The second-order valence-corrected chi connectivity index (χ2v) is 7.82. The average Bonchev–Trinajstić information content (AvgIpc) is 3.11. The van der Waals surface area contributed by atoms with Crippen molar-refractivity contribution in [2.45, 2.75) is 11.3 Å². The highest BCUT2D eigenvalue weighted by Crippen LogP contribution is 2.21. The molecular formula is C18H21N3O3S. The molecule has 1 amide bonds. The second kappa shape index (κ2) is 7.25. The molecule has 132 valence electrons. The summed E-state index contributed by atoms with van der Waals surface area (Å²) >= 11 is 0. The number of likely N-dealkylation sites (tertiary alicyclic amines) is 1. The number of sulfonamides is 1. The van der Waals surface area contributed by atoms with Crippen LogP contribution in [0.3, 0.4) is 0 Å². The number of anilines is 1. The molecule has 1 fully saturated rings. The SMILES string of the molecule is NCC1CCN(C(=O)c2cccc(NS(=O)(=O)c3ccccc3)c2)C1. The lowest BCUT2D eigenvalue weighted by Crippen LogP contribution is -2.29. The van der Waals surface area contributed by atoms with Gasteiger partial charge >= 0.3 is 0 Å². The fourth-order valence-electron chi connectivity index (χ4n) is 2.92. The van der Waals surface area contributed by atoms with Gasteiger partial charge in [-0.2, -0.15) is 0 Å². The summed E-state index contributed by atoms with van der Waals surface area (Å²) in [6, 6.07) is 14.7. The van der Waals surface area contributed by atoms with Gasteiger partial charge in [-0.05, 0) is 49.2 Å². The fraction of sp³-hybridized carbons (Fsp3) is 0.278. The van der Waals surface area contributed by atoms with Crippen LogP contribution < -0.4 is 10.5 Å². The van der Waals surface area contributed by atoms with E-state index in [1.807, 2.05) is 0 Å². The first kappa shape index (κ1) is 17.4. The second-order valence-electron chi connectivity index (χ2n) is 6.14. The molecule has 2 aromatic rings. The van der Waals surface area contributed by atoms with Crippen molar-refractivity contribution in [2.75, 3.05) is 24.4 Å². The highest BCUT2D eigenvalue weighted by Gasteiger charge is 2.26. The molecule has 0 spiro atoms. The Labute approximate surface area is 147 Å². The predicted molar refractivity (Wildman–Crippen MR) is 96.8 cm³/mol. The molecule has 0 aliphatic carbocycles. The molecule has 1 saturated heterocycles. The van der Waals surface area contributed by atoms with E-state index >= 15 is 0 Å². The number of carbonyl (C=O) groups excluding carboxylic acids is 1. The third kappa shape index (κ3) is 4.00. The standard InChI is InChI=1S/C18H21N3O3S/c19-12-14-9-10-21(13-14)18(22)15-5-4-6-16(11-15)20-25(23,24)17-7-2-1-3-8-17/h1-8,11,14,20H,9-10,12-13,19H2. The lowest BCUT2D eigenvalue weighted by molar-refractivity contribution is 0.0787. The topological polar surface area (TPSA) is 92.5 Å². The van der Waals surface area contributed by atoms with Gasteiger partial charge in [0.05, 0.1) is 4.90 Å². The maximum Gasteiger partial charge on any atom is 0.261 e. The van der Waals surface area contributed by atoms with Gasteiger partial charge in [-0.3, -0.25) is 9.52 Å². The molecule has 1 aliphatic heterocycles. The third-order valence-electron chi connectivity index (χ3n) is 4.32. The van der Waals surface area contributed by atoms with E-state index in [0.29, 0.717) is 36.8 Å². The number of rotatable bonds is 5. The minimum atomic E-state index is -3.68. The van der Waals surface area contributed by atoms with Gasteiger partial charge in [-0.15, -0.1) is 0 Å². The van der Waals surface area contributed by atoms with Gasteiger partial charge in [0.15, 0.2) is 0 Å². The molecule has 3 N–H and O–H groups in total. The summed E-state index contributed by atoms with van der Waals surface area (Å²) < 4.78 is 27.3. The number of amides is 1. The Morgan fingerprint density at radius 2 is 1.92 bits per heavy atom. The quantitative estimate of drug-likeness (QED) is 0.853. The zero-order valence-electron chi connectivity index (χ0n) is 13.8. The van der Waals surface area contributed by atoms with Crippen LogP contribution in [-0.2, 0) is 10.0 Å². The maximum atomic E-state index is 12.6. The number of carbonyl (C=O) groups is 1. The molecule has 6 nitrogen and oxygen atoms in total. The average molecular weight is 359 g/mol. The van der Waals surface area contributed by atoms with Gasteiger partial charge in [-0.1, -0.05) is 24.3 Å². The molecule has 0 saturated carbocycles. The van der Waals surface area contributed by atoms with E-state index in [1.165, 1.54) is 12.1 Å². The first-order valence-corrected chi connectivity index (χ1v) is 9.65. The zero-order valence-corrected chi connectivity index (χ0v) is 14.6. The predicted octanol–water partition coefficient (Wildman–Crippen LogP) is 1.91. The third-order valence-corrected chi connectivity index (χ3v) is 5.72. The largest absolute Gasteiger partial charge is 0.338 e. The minimum absolute atomic E-state index is 0.100. The molecule has 1 unspecified atom stereocenters. The van der Waals surface area contributed by atoms with Gasteiger partial charge < -0.3 is 10.6 Å². The van der Waals surface area contributed by atoms with Crippen molar-refractivity contribution in [2.24, 2.45) is 11.7 Å². The molecule has 25 heavy (non-hydrogen) atoms. The number of nitrogens with one attached hydrogen (secondary N) is 1. The summed E-state index contributed by atoms with van der Waals surface area (Å²) in [7, 11) is -3.68. The van der Waals surface area contributed by atoms with E-state index in [-0.39, 0.29) is 10.8 Å². The molecule has 1 heterocycles. The van der Waals surface area contributed by atoms with E-state index in [1.54, 1.807) is 47.4 Å². The molecule has 0 aromatic heterocycles. The van der Waals surface area contributed by atoms with Gasteiger partial charge in [0, 0.05) is 24.3 Å². The molecule has 2 aromatic carbocycles. The number of hydrogen-bond donors (Lipinski definition) is 2. The van der Waals surface area contributed by atoms with Crippen LogP contribution in [-0.4, -0.2) is 38.9 Å². The van der Waals surface area contributed by atoms with Gasteiger partial charge in [-0.25, -0.2) is 8.42 Å². The minimum Gasteiger partial charge on any atom is -0.338 e. The van der Waals surface area contributed by atoms with E-state index in [2.05, 4.69) is 4.72 Å². The summed E-state index contributed by atoms with van der Waals surface area (Å²) in [5.41, 5.74) is 6.50. The van der Waals surface area contributed by atoms with Crippen LogP contribution in [0.25, 0.3) is 0 Å². The Bertz CT molecular complexity index is 853. The summed E-state index contributed by atoms with van der Waals surface area (Å²) in [4.78, 5) is 14.5. The molecular weight excluding hydrogens is 338 g/mol.